The topological polar surface area (TPSA) is 126 Å². The fourth-order valence-corrected chi connectivity index (χ4v) is 3.57. The maximum absolute atomic E-state index is 12.4. The van der Waals surface area contributed by atoms with Crippen molar-refractivity contribution in [1.29, 1.82) is 5.26 Å². The SMILES string of the molecule is N#CCC1CC(=O)N(c2cn3c(n2)-c2ccc(NCC(N)=O)cc2OCC3)C1. The van der Waals surface area contributed by atoms with E-state index in [1.54, 1.807) is 4.90 Å². The summed E-state index contributed by atoms with van der Waals surface area (Å²) in [4.78, 5) is 29.7. The van der Waals surface area contributed by atoms with Crippen LogP contribution in [0.2, 0.25) is 0 Å². The van der Waals surface area contributed by atoms with Crippen LogP contribution in [0.5, 0.6) is 5.75 Å². The third kappa shape index (κ3) is 3.36. The van der Waals surface area contributed by atoms with Crippen LogP contribution < -0.4 is 20.7 Å². The molecule has 0 bridgehead atoms. The summed E-state index contributed by atoms with van der Waals surface area (Å²) in [6.07, 6.45) is 2.61. The minimum absolute atomic E-state index is 0.00372. The molecule has 2 aliphatic rings. The lowest BCUT2D eigenvalue weighted by Gasteiger charge is -2.13. The molecule has 1 saturated heterocycles. The van der Waals surface area contributed by atoms with Crippen LogP contribution in [0.3, 0.4) is 0 Å². The van der Waals surface area contributed by atoms with Gasteiger partial charge in [-0.25, -0.2) is 4.98 Å². The molecule has 9 heteroatoms. The summed E-state index contributed by atoms with van der Waals surface area (Å²) >= 11 is 0. The number of ether oxygens (including phenoxy) is 1. The Kier molecular flexibility index (Phi) is 4.61. The Hall–Kier alpha value is -3.54. The number of imidazole rings is 1. The summed E-state index contributed by atoms with van der Waals surface area (Å²) in [5, 5.41) is 11.8. The van der Waals surface area contributed by atoms with Crippen LogP contribution in [0.1, 0.15) is 12.8 Å². The van der Waals surface area contributed by atoms with Crippen molar-refractivity contribution in [2.24, 2.45) is 11.7 Å². The summed E-state index contributed by atoms with van der Waals surface area (Å²) in [6.45, 7) is 1.62. The molecule has 3 N–H and O–H groups in total. The monoisotopic (exact) mass is 380 g/mol. The third-order valence-corrected chi connectivity index (χ3v) is 4.90. The molecule has 1 unspecified atom stereocenters. The minimum Gasteiger partial charge on any atom is -0.491 e. The second-order valence-electron chi connectivity index (χ2n) is 6.93. The Morgan fingerprint density at radius 3 is 3.11 bits per heavy atom. The van der Waals surface area contributed by atoms with Gasteiger partial charge in [-0.1, -0.05) is 0 Å². The molecular weight excluding hydrogens is 360 g/mol. The van der Waals surface area contributed by atoms with Crippen LogP contribution in [0.25, 0.3) is 11.4 Å². The molecule has 2 aromatic rings. The number of nitrogens with two attached hydrogens (primary N) is 1. The molecule has 2 amide bonds. The van der Waals surface area contributed by atoms with Gasteiger partial charge in [0, 0.05) is 37.3 Å². The van der Waals surface area contributed by atoms with E-state index in [4.69, 9.17) is 20.7 Å². The lowest BCUT2D eigenvalue weighted by molar-refractivity contribution is -0.117. The summed E-state index contributed by atoms with van der Waals surface area (Å²) in [5.74, 6) is 1.58. The Morgan fingerprint density at radius 1 is 1.46 bits per heavy atom. The minimum atomic E-state index is -0.443. The zero-order chi connectivity index (χ0) is 19.7. The van der Waals surface area contributed by atoms with Gasteiger partial charge in [0.05, 0.1) is 24.7 Å². The van der Waals surface area contributed by atoms with E-state index in [0.717, 1.165) is 17.1 Å². The number of nitrogens with one attached hydrogen (secondary N) is 1. The summed E-state index contributed by atoms with van der Waals surface area (Å²) in [5.41, 5.74) is 6.71. The zero-order valence-corrected chi connectivity index (χ0v) is 15.2. The molecule has 1 fully saturated rings. The van der Waals surface area contributed by atoms with Crippen LogP contribution in [-0.2, 0) is 16.1 Å². The molecule has 4 rings (SSSR count). The van der Waals surface area contributed by atoms with Crippen LogP contribution >= 0.6 is 0 Å². The molecule has 2 aliphatic heterocycles. The first-order valence-electron chi connectivity index (χ1n) is 9.09. The third-order valence-electron chi connectivity index (χ3n) is 4.90. The molecule has 144 valence electrons. The van der Waals surface area contributed by atoms with E-state index in [-0.39, 0.29) is 18.4 Å². The molecule has 3 heterocycles. The van der Waals surface area contributed by atoms with Gasteiger partial charge < -0.3 is 20.4 Å². The molecule has 28 heavy (non-hydrogen) atoms. The Balaban J connectivity index is 1.62. The van der Waals surface area contributed by atoms with Crippen molar-refractivity contribution in [1.82, 2.24) is 9.55 Å². The van der Waals surface area contributed by atoms with Crippen molar-refractivity contribution < 1.29 is 14.3 Å². The van der Waals surface area contributed by atoms with Gasteiger partial charge in [-0.2, -0.15) is 5.26 Å². The maximum Gasteiger partial charge on any atom is 0.236 e. The van der Waals surface area contributed by atoms with Gasteiger partial charge in [0.15, 0.2) is 5.82 Å². The number of carbonyl (C=O) groups is 2. The first-order chi connectivity index (χ1) is 13.5. The van der Waals surface area contributed by atoms with Crippen molar-refractivity contribution in [3.63, 3.8) is 0 Å². The number of carbonyl (C=O) groups excluding carboxylic acids is 2. The van der Waals surface area contributed by atoms with Crippen molar-refractivity contribution in [2.45, 2.75) is 19.4 Å². The molecule has 0 radical (unpaired) electrons. The van der Waals surface area contributed by atoms with E-state index in [0.29, 0.717) is 44.1 Å². The highest BCUT2D eigenvalue weighted by atomic mass is 16.5. The smallest absolute Gasteiger partial charge is 0.236 e. The first kappa shape index (κ1) is 17.9. The highest BCUT2D eigenvalue weighted by molar-refractivity contribution is 5.95. The maximum atomic E-state index is 12.4. The molecule has 1 aromatic carbocycles. The Bertz CT molecular complexity index is 977. The molecule has 0 saturated carbocycles. The average molecular weight is 380 g/mol. The molecule has 0 spiro atoms. The van der Waals surface area contributed by atoms with Gasteiger partial charge in [0.25, 0.3) is 0 Å². The first-order valence-corrected chi connectivity index (χ1v) is 9.09. The van der Waals surface area contributed by atoms with Gasteiger partial charge >= 0.3 is 0 Å². The number of nitrogens with zero attached hydrogens (tertiary/aromatic N) is 4. The van der Waals surface area contributed by atoms with Gasteiger partial charge in [-0.3, -0.25) is 14.5 Å². The van der Waals surface area contributed by atoms with Gasteiger partial charge in [0.1, 0.15) is 18.2 Å². The predicted molar refractivity (Wildman–Crippen MR) is 102 cm³/mol. The quantitative estimate of drug-likeness (QED) is 0.800. The lowest BCUT2D eigenvalue weighted by Crippen LogP contribution is -2.24. The van der Waals surface area contributed by atoms with Crippen LogP contribution in [0.15, 0.2) is 24.4 Å². The number of nitriles is 1. The van der Waals surface area contributed by atoms with Crippen molar-refractivity contribution in [3.05, 3.63) is 24.4 Å². The highest BCUT2D eigenvalue weighted by Crippen LogP contribution is 2.36. The van der Waals surface area contributed by atoms with E-state index in [2.05, 4.69) is 11.4 Å². The number of fused-ring (bicyclic) bond motifs is 3. The number of hydrogen-bond donors (Lipinski definition) is 2. The Labute approximate surface area is 161 Å². The standard InChI is InChI=1S/C19H20N6O3/c20-4-3-12-7-18(27)25(10-12)17-11-24-5-6-28-15-8-13(22-9-16(21)26)1-2-14(15)19(24)23-17/h1-2,8,11-12,22H,3,5-7,9-10H2,(H2,21,26). The number of benzene rings is 1. The molecular formula is C19H20N6O3. The highest BCUT2D eigenvalue weighted by Gasteiger charge is 2.32. The van der Waals surface area contributed by atoms with Gasteiger partial charge in [-0.15, -0.1) is 0 Å². The largest absolute Gasteiger partial charge is 0.491 e. The molecule has 1 aromatic heterocycles. The van der Waals surface area contributed by atoms with E-state index < -0.39 is 5.91 Å². The van der Waals surface area contributed by atoms with E-state index in [1.165, 1.54) is 0 Å². The number of anilines is 2. The summed E-state index contributed by atoms with van der Waals surface area (Å²) < 4.78 is 7.81. The van der Waals surface area contributed by atoms with Crippen LogP contribution in [-0.4, -0.2) is 41.1 Å². The van der Waals surface area contributed by atoms with Gasteiger partial charge in [0.2, 0.25) is 11.8 Å². The number of aromatic nitrogens is 2. The van der Waals surface area contributed by atoms with Gasteiger partial charge in [-0.05, 0) is 18.1 Å². The summed E-state index contributed by atoms with van der Waals surface area (Å²) in [6, 6.07) is 7.66. The number of hydrogen-bond acceptors (Lipinski definition) is 6. The van der Waals surface area contributed by atoms with E-state index in [9.17, 15) is 9.59 Å². The van der Waals surface area contributed by atoms with Crippen LogP contribution in [0, 0.1) is 17.2 Å². The van der Waals surface area contributed by atoms with Crippen molar-refractivity contribution in [3.8, 4) is 23.2 Å². The average Bonchev–Trinajstić information content (AvgIpc) is 3.19. The fraction of sp³-hybridized carbons (Fsp3) is 0.368. The second kappa shape index (κ2) is 7.23. The van der Waals surface area contributed by atoms with Crippen LogP contribution in [0.4, 0.5) is 11.5 Å². The number of primary amides is 1. The fourth-order valence-electron chi connectivity index (χ4n) is 3.57. The van der Waals surface area contributed by atoms with E-state index >= 15 is 0 Å². The van der Waals surface area contributed by atoms with Crippen molar-refractivity contribution in [2.75, 3.05) is 29.9 Å². The predicted octanol–water partition coefficient (Wildman–Crippen LogP) is 1.11. The Morgan fingerprint density at radius 2 is 2.32 bits per heavy atom. The molecule has 0 aliphatic carbocycles. The molecule has 1 atom stereocenters. The normalized spacial score (nSPS) is 17.9. The van der Waals surface area contributed by atoms with Crippen molar-refractivity contribution >= 4 is 23.3 Å². The van der Waals surface area contributed by atoms with E-state index in [1.807, 2.05) is 29.0 Å². The number of rotatable bonds is 5. The second-order valence-corrected chi connectivity index (χ2v) is 6.93. The zero-order valence-electron chi connectivity index (χ0n) is 15.2. The summed E-state index contributed by atoms with van der Waals surface area (Å²) in [7, 11) is 0. The number of amides is 2. The lowest BCUT2D eigenvalue weighted by atomic mass is 10.1. The molecule has 9 nitrogen and oxygen atoms in total.